The maximum Gasteiger partial charge on any atom is 0.244 e. The number of amides is 2. The van der Waals surface area contributed by atoms with Crippen LogP contribution in [0.2, 0.25) is 0 Å². The van der Waals surface area contributed by atoms with Crippen molar-refractivity contribution in [3.63, 3.8) is 0 Å². The number of nitrogens with one attached hydrogen (secondary N) is 2. The number of aliphatic hydroxyl groups excluding tert-OH is 1. The first-order chi connectivity index (χ1) is 16.3. The molecule has 1 aliphatic heterocycles. The fourth-order valence-electron chi connectivity index (χ4n) is 4.06. The number of ether oxygens (including phenoxy) is 1. The molecule has 1 unspecified atom stereocenters. The number of rotatable bonds is 13. The molecule has 8 nitrogen and oxygen atoms in total. The molecule has 2 rings (SSSR count). The summed E-state index contributed by atoms with van der Waals surface area (Å²) in [6, 6.07) is 8.07. The Morgan fingerprint density at radius 3 is 2.47 bits per heavy atom. The Balaban J connectivity index is 1.87. The number of hydrogen-bond acceptors (Lipinski definition) is 6. The number of nitrogens with zero attached hydrogens (tertiary/aromatic N) is 1. The molecule has 1 aliphatic rings. The van der Waals surface area contributed by atoms with Gasteiger partial charge in [-0.3, -0.25) is 14.8 Å². The van der Waals surface area contributed by atoms with E-state index in [-0.39, 0.29) is 24.1 Å². The van der Waals surface area contributed by atoms with Crippen molar-refractivity contribution in [1.29, 1.82) is 0 Å². The van der Waals surface area contributed by atoms with E-state index < -0.39 is 11.8 Å². The van der Waals surface area contributed by atoms with Crippen molar-refractivity contribution >= 4 is 11.8 Å². The average Bonchev–Trinajstić information content (AvgIpc) is 2.83. The van der Waals surface area contributed by atoms with Crippen molar-refractivity contribution in [3.05, 3.63) is 66.6 Å². The first kappa shape index (κ1) is 27.0. The minimum absolute atomic E-state index is 0.0381. The summed E-state index contributed by atoms with van der Waals surface area (Å²) < 4.78 is 5.46. The molecule has 0 aromatic heterocycles. The van der Waals surface area contributed by atoms with Crippen LogP contribution in [0.3, 0.4) is 0 Å². The van der Waals surface area contributed by atoms with Crippen LogP contribution in [0.25, 0.3) is 0 Å². The van der Waals surface area contributed by atoms with Gasteiger partial charge < -0.3 is 20.1 Å². The van der Waals surface area contributed by atoms with Crippen LogP contribution in [0.1, 0.15) is 44.6 Å². The van der Waals surface area contributed by atoms with Crippen LogP contribution < -0.4 is 15.5 Å². The predicted octanol–water partition coefficient (Wildman–Crippen LogP) is 3.64. The van der Waals surface area contributed by atoms with E-state index in [4.69, 9.17) is 15.1 Å². The van der Waals surface area contributed by atoms with Crippen LogP contribution in [0.4, 0.5) is 0 Å². The summed E-state index contributed by atoms with van der Waals surface area (Å²) in [4.78, 5) is 26.8. The van der Waals surface area contributed by atoms with E-state index in [1.807, 2.05) is 31.2 Å². The van der Waals surface area contributed by atoms with Crippen molar-refractivity contribution in [2.24, 2.45) is 5.92 Å². The topological polar surface area (TPSA) is 111 Å². The minimum Gasteiger partial charge on any atom is -0.509 e. The van der Waals surface area contributed by atoms with Gasteiger partial charge in [-0.25, -0.2) is 5.48 Å². The number of aliphatic hydroxyl groups is 1. The number of aryl methyl sites for hydroxylation is 1. The Morgan fingerprint density at radius 2 is 1.88 bits per heavy atom. The Labute approximate surface area is 201 Å². The summed E-state index contributed by atoms with van der Waals surface area (Å²) in [6.07, 6.45) is 6.70. The number of piperidine rings is 1. The summed E-state index contributed by atoms with van der Waals surface area (Å²) in [7, 11) is 0. The van der Waals surface area contributed by atoms with E-state index in [2.05, 4.69) is 18.5 Å². The highest BCUT2D eigenvalue weighted by molar-refractivity contribution is 5.85. The molecule has 4 N–H and O–H groups in total. The van der Waals surface area contributed by atoms with Gasteiger partial charge in [0.15, 0.2) is 0 Å². The molecule has 1 aromatic rings. The third-order valence-corrected chi connectivity index (χ3v) is 5.83. The van der Waals surface area contributed by atoms with Gasteiger partial charge >= 0.3 is 0 Å². The molecular formula is C26H37N3O5. The van der Waals surface area contributed by atoms with Gasteiger partial charge in [0.1, 0.15) is 11.5 Å². The number of benzene rings is 1. The second-order valence-electron chi connectivity index (χ2n) is 8.50. The summed E-state index contributed by atoms with van der Waals surface area (Å²) in [6.45, 7) is 11.0. The van der Waals surface area contributed by atoms with Crippen LogP contribution in [0.15, 0.2) is 61.0 Å². The fourth-order valence-corrected chi connectivity index (χ4v) is 4.06. The average molecular weight is 472 g/mol. The second-order valence-corrected chi connectivity index (χ2v) is 8.50. The van der Waals surface area contributed by atoms with Crippen molar-refractivity contribution in [2.75, 3.05) is 19.7 Å². The quantitative estimate of drug-likeness (QED) is 0.151. The first-order valence-electron chi connectivity index (χ1n) is 11.8. The smallest absolute Gasteiger partial charge is 0.244 e. The summed E-state index contributed by atoms with van der Waals surface area (Å²) in [5, 5.41) is 21.4. The molecule has 1 aromatic carbocycles. The van der Waals surface area contributed by atoms with Crippen molar-refractivity contribution in [1.82, 2.24) is 15.7 Å². The van der Waals surface area contributed by atoms with Gasteiger partial charge in [-0.2, -0.15) is 0 Å². The Morgan fingerprint density at radius 1 is 1.21 bits per heavy atom. The minimum atomic E-state index is -0.551. The van der Waals surface area contributed by atoms with Gasteiger partial charge in [-0.05, 0) is 68.9 Å². The highest BCUT2D eigenvalue weighted by Gasteiger charge is 2.29. The van der Waals surface area contributed by atoms with Gasteiger partial charge in [0.25, 0.3) is 0 Å². The summed E-state index contributed by atoms with van der Waals surface area (Å²) in [5.74, 6) is -0.291. The number of hydrogen-bond donors (Lipinski definition) is 4. The van der Waals surface area contributed by atoms with Crippen LogP contribution >= 0.6 is 0 Å². The van der Waals surface area contributed by atoms with E-state index in [9.17, 15) is 9.59 Å². The summed E-state index contributed by atoms with van der Waals surface area (Å²) in [5.41, 5.74) is 3.47. The zero-order chi connectivity index (χ0) is 24.9. The van der Waals surface area contributed by atoms with E-state index in [1.54, 1.807) is 16.5 Å². The lowest BCUT2D eigenvalue weighted by Gasteiger charge is -2.35. The number of likely N-dealkylation sites (tertiary alicyclic amines) is 1. The number of allylic oxidation sites excluding steroid dienone is 2. The van der Waals surface area contributed by atoms with Gasteiger partial charge in [0, 0.05) is 37.2 Å². The van der Waals surface area contributed by atoms with E-state index in [0.29, 0.717) is 31.8 Å². The number of carbonyl (C=O) groups is 2. The van der Waals surface area contributed by atoms with Gasteiger partial charge in [0.05, 0.1) is 6.61 Å². The van der Waals surface area contributed by atoms with Crippen molar-refractivity contribution < 1.29 is 24.6 Å². The van der Waals surface area contributed by atoms with Crippen LogP contribution in [0, 0.1) is 5.92 Å². The molecular weight excluding hydrogens is 434 g/mol. The van der Waals surface area contributed by atoms with E-state index >= 15 is 0 Å². The monoisotopic (exact) mass is 471 g/mol. The Hall–Kier alpha value is -3.26. The summed E-state index contributed by atoms with van der Waals surface area (Å²) >= 11 is 0. The van der Waals surface area contributed by atoms with Crippen LogP contribution in [-0.2, 0) is 16.0 Å². The van der Waals surface area contributed by atoms with Crippen molar-refractivity contribution in [2.45, 2.75) is 51.5 Å². The maximum atomic E-state index is 13.2. The molecule has 0 spiro atoms. The number of carbonyl (C=O) groups excluding carboxylic acids is 2. The Kier molecular flexibility index (Phi) is 11.2. The molecule has 1 atom stereocenters. The molecule has 34 heavy (non-hydrogen) atoms. The zero-order valence-corrected chi connectivity index (χ0v) is 20.0. The highest BCUT2D eigenvalue weighted by atomic mass is 16.5. The lowest BCUT2D eigenvalue weighted by Crippen LogP contribution is -2.47. The molecule has 2 amide bonds. The molecule has 186 valence electrons. The molecule has 0 radical (unpaired) electrons. The third-order valence-electron chi connectivity index (χ3n) is 5.83. The molecule has 0 saturated carbocycles. The normalized spacial score (nSPS) is 15.1. The zero-order valence-electron chi connectivity index (χ0n) is 20.0. The molecule has 8 heteroatoms. The van der Waals surface area contributed by atoms with Crippen LogP contribution in [0.5, 0.6) is 5.75 Å². The van der Waals surface area contributed by atoms with E-state index in [0.717, 1.165) is 37.0 Å². The highest BCUT2D eigenvalue weighted by Crippen LogP contribution is 2.21. The molecule has 1 fully saturated rings. The lowest BCUT2D eigenvalue weighted by molar-refractivity contribution is -0.141. The predicted molar refractivity (Wildman–Crippen MR) is 131 cm³/mol. The SMILES string of the molecule is C=C(O)/C=C\C(=C)NC1CCN(C(=O)C(CCCc2ccc(OCC)cc2)CC(=O)NO)CC1. The first-order valence-corrected chi connectivity index (χ1v) is 11.8. The third kappa shape index (κ3) is 9.31. The molecule has 1 heterocycles. The molecule has 0 bridgehead atoms. The molecule has 0 aliphatic carbocycles. The largest absolute Gasteiger partial charge is 0.509 e. The fraction of sp³-hybridized carbons (Fsp3) is 0.462. The lowest BCUT2D eigenvalue weighted by atomic mass is 9.93. The van der Waals surface area contributed by atoms with Crippen molar-refractivity contribution in [3.8, 4) is 5.75 Å². The Bertz CT molecular complexity index is 858. The van der Waals surface area contributed by atoms with Gasteiger partial charge in [0.2, 0.25) is 11.8 Å². The number of hydroxylamine groups is 1. The van der Waals surface area contributed by atoms with E-state index in [1.165, 1.54) is 6.08 Å². The van der Waals surface area contributed by atoms with Gasteiger partial charge in [-0.1, -0.05) is 25.3 Å². The standard InChI is InChI=1S/C26H37N3O5/c1-4-34-24-12-10-21(11-13-24)6-5-7-22(18-25(31)28-33)26(32)29-16-14-23(15-17-29)27-19(2)8-9-20(3)30/h8-13,22-23,27,30,33H,2-7,14-18H2,1H3,(H,28,31)/b9-8-. The second kappa shape index (κ2) is 14.1. The van der Waals surface area contributed by atoms with Crippen LogP contribution in [-0.4, -0.2) is 52.8 Å². The molecule has 1 saturated heterocycles. The van der Waals surface area contributed by atoms with Gasteiger partial charge in [-0.15, -0.1) is 0 Å². The maximum absolute atomic E-state index is 13.2.